The Balaban J connectivity index is 1.67. The third-order valence-corrected chi connectivity index (χ3v) is 5.08. The molecule has 0 aliphatic carbocycles. The van der Waals surface area contributed by atoms with Gasteiger partial charge in [-0.2, -0.15) is 0 Å². The standard InChI is InChI=1S/C25H26O6/c1-5-22(26)17-6-8-19(9-7-17)29-14-25(28)30-13-18-11-24(27)31-23-10-16(4)20(15(2)3)12-21(18)23/h6-12,15H,5,13-14H2,1-4H3. The van der Waals surface area contributed by atoms with Crippen LogP contribution in [0.5, 0.6) is 5.75 Å². The van der Waals surface area contributed by atoms with Gasteiger partial charge in [0.15, 0.2) is 12.4 Å². The van der Waals surface area contributed by atoms with Crippen molar-refractivity contribution in [3.8, 4) is 5.75 Å². The van der Waals surface area contributed by atoms with Crippen LogP contribution in [0.1, 0.15) is 60.2 Å². The molecule has 0 bridgehead atoms. The molecule has 0 aliphatic rings. The lowest BCUT2D eigenvalue weighted by molar-refractivity contribution is -0.147. The van der Waals surface area contributed by atoms with Crippen molar-refractivity contribution in [2.45, 2.75) is 46.6 Å². The number of esters is 1. The zero-order valence-corrected chi connectivity index (χ0v) is 18.2. The quantitative estimate of drug-likeness (QED) is 0.290. The maximum atomic E-state index is 12.2. The van der Waals surface area contributed by atoms with Gasteiger partial charge in [0.1, 0.15) is 17.9 Å². The van der Waals surface area contributed by atoms with Gasteiger partial charge in [0.25, 0.3) is 0 Å². The fraction of sp³-hybridized carbons (Fsp3) is 0.320. The van der Waals surface area contributed by atoms with Gasteiger partial charge < -0.3 is 13.9 Å². The summed E-state index contributed by atoms with van der Waals surface area (Å²) in [6, 6.07) is 11.8. The molecule has 0 aliphatic heterocycles. The van der Waals surface area contributed by atoms with E-state index < -0.39 is 11.6 Å². The van der Waals surface area contributed by atoms with E-state index in [1.165, 1.54) is 6.07 Å². The highest BCUT2D eigenvalue weighted by Crippen LogP contribution is 2.27. The van der Waals surface area contributed by atoms with Crippen LogP contribution in [0, 0.1) is 6.92 Å². The highest BCUT2D eigenvalue weighted by Gasteiger charge is 2.13. The largest absolute Gasteiger partial charge is 0.482 e. The molecule has 2 aromatic carbocycles. The molecule has 0 spiro atoms. The van der Waals surface area contributed by atoms with Crippen molar-refractivity contribution in [1.29, 1.82) is 0 Å². The Labute approximate surface area is 180 Å². The summed E-state index contributed by atoms with van der Waals surface area (Å²) in [6.07, 6.45) is 0.428. The average Bonchev–Trinajstić information content (AvgIpc) is 2.75. The molecular weight excluding hydrogens is 396 g/mol. The molecule has 0 saturated heterocycles. The molecule has 1 heterocycles. The molecule has 162 valence electrons. The summed E-state index contributed by atoms with van der Waals surface area (Å²) in [6.45, 7) is 7.62. The number of carbonyl (C=O) groups is 2. The molecule has 6 nitrogen and oxygen atoms in total. The first-order valence-corrected chi connectivity index (χ1v) is 10.3. The average molecular weight is 422 g/mol. The van der Waals surface area contributed by atoms with Crippen LogP contribution in [0.4, 0.5) is 0 Å². The molecule has 0 N–H and O–H groups in total. The normalized spacial score (nSPS) is 11.0. The van der Waals surface area contributed by atoms with Crippen molar-refractivity contribution in [1.82, 2.24) is 0 Å². The van der Waals surface area contributed by atoms with Crippen molar-refractivity contribution in [3.63, 3.8) is 0 Å². The molecule has 1 aromatic heterocycles. The van der Waals surface area contributed by atoms with Crippen molar-refractivity contribution in [2.75, 3.05) is 6.61 Å². The highest BCUT2D eigenvalue weighted by molar-refractivity contribution is 5.95. The van der Waals surface area contributed by atoms with E-state index in [0.717, 1.165) is 16.5 Å². The summed E-state index contributed by atoms with van der Waals surface area (Å²) >= 11 is 0. The van der Waals surface area contributed by atoms with Crippen molar-refractivity contribution < 1.29 is 23.5 Å². The van der Waals surface area contributed by atoms with Crippen LogP contribution in [-0.4, -0.2) is 18.4 Å². The van der Waals surface area contributed by atoms with Gasteiger partial charge in [-0.05, 0) is 60.4 Å². The first-order valence-electron chi connectivity index (χ1n) is 10.3. The zero-order valence-electron chi connectivity index (χ0n) is 18.2. The number of carbonyl (C=O) groups excluding carboxylic acids is 2. The SMILES string of the molecule is CCC(=O)c1ccc(OCC(=O)OCc2cc(=O)oc3cc(C)c(C(C)C)cc23)cc1. The molecule has 0 unspecified atom stereocenters. The van der Waals surface area contributed by atoms with Crippen LogP contribution in [-0.2, 0) is 16.1 Å². The van der Waals surface area contributed by atoms with Crippen LogP contribution >= 0.6 is 0 Å². The number of hydrogen-bond acceptors (Lipinski definition) is 6. The first-order chi connectivity index (χ1) is 14.8. The number of aryl methyl sites for hydroxylation is 1. The second kappa shape index (κ2) is 9.60. The van der Waals surface area contributed by atoms with Crippen molar-refractivity contribution in [2.24, 2.45) is 0 Å². The van der Waals surface area contributed by atoms with Gasteiger partial charge in [0.05, 0.1) is 0 Å². The summed E-state index contributed by atoms with van der Waals surface area (Å²) in [5.74, 6) is 0.249. The Hall–Kier alpha value is -3.41. The molecule has 0 radical (unpaired) electrons. The Morgan fingerprint density at radius 1 is 1.06 bits per heavy atom. The monoisotopic (exact) mass is 422 g/mol. The second-order valence-electron chi connectivity index (χ2n) is 7.70. The summed E-state index contributed by atoms with van der Waals surface area (Å²) < 4.78 is 16.1. The van der Waals surface area contributed by atoms with E-state index >= 15 is 0 Å². The molecule has 31 heavy (non-hydrogen) atoms. The molecule has 0 saturated carbocycles. The molecular formula is C25H26O6. The number of rotatable bonds is 8. The Bertz CT molecular complexity index is 1160. The summed E-state index contributed by atoms with van der Waals surface area (Å²) in [5, 5.41) is 0.749. The van der Waals surface area contributed by atoms with Crippen LogP contribution in [0.15, 0.2) is 51.7 Å². The summed E-state index contributed by atoms with van der Waals surface area (Å²) in [7, 11) is 0. The highest BCUT2D eigenvalue weighted by atomic mass is 16.6. The van der Waals surface area contributed by atoms with Gasteiger partial charge in [0.2, 0.25) is 0 Å². The van der Waals surface area contributed by atoms with Crippen molar-refractivity contribution in [3.05, 3.63) is 75.1 Å². The van der Waals surface area contributed by atoms with E-state index in [-0.39, 0.29) is 19.0 Å². The van der Waals surface area contributed by atoms with E-state index in [0.29, 0.717) is 34.8 Å². The number of Topliss-reactive ketones (excluding diaryl/α,β-unsaturated/α-hetero) is 1. The van der Waals surface area contributed by atoms with Crippen molar-refractivity contribution >= 4 is 22.7 Å². The topological polar surface area (TPSA) is 82.8 Å². The first kappa shape index (κ1) is 22.3. The van der Waals surface area contributed by atoms with E-state index in [1.54, 1.807) is 31.2 Å². The minimum Gasteiger partial charge on any atom is -0.482 e. The maximum absolute atomic E-state index is 12.2. The molecule has 3 rings (SSSR count). The Morgan fingerprint density at radius 2 is 1.77 bits per heavy atom. The van der Waals surface area contributed by atoms with E-state index in [9.17, 15) is 14.4 Å². The molecule has 6 heteroatoms. The summed E-state index contributed by atoms with van der Waals surface area (Å²) in [5.41, 5.74) is 3.35. The van der Waals surface area contributed by atoms with Gasteiger partial charge in [-0.25, -0.2) is 9.59 Å². The van der Waals surface area contributed by atoms with E-state index in [1.807, 2.05) is 19.1 Å². The smallest absolute Gasteiger partial charge is 0.344 e. The second-order valence-corrected chi connectivity index (χ2v) is 7.70. The van der Waals surface area contributed by atoms with E-state index in [4.69, 9.17) is 13.9 Å². The minimum absolute atomic E-state index is 0.0429. The Morgan fingerprint density at radius 3 is 2.42 bits per heavy atom. The third-order valence-electron chi connectivity index (χ3n) is 5.08. The van der Waals surface area contributed by atoms with E-state index in [2.05, 4.69) is 13.8 Å². The van der Waals surface area contributed by atoms with Gasteiger partial charge in [0, 0.05) is 29.0 Å². The van der Waals surface area contributed by atoms with Gasteiger partial charge >= 0.3 is 11.6 Å². The van der Waals surface area contributed by atoms with Gasteiger partial charge in [-0.15, -0.1) is 0 Å². The maximum Gasteiger partial charge on any atom is 0.344 e. The summed E-state index contributed by atoms with van der Waals surface area (Å²) in [4.78, 5) is 35.8. The van der Waals surface area contributed by atoms with Crippen LogP contribution < -0.4 is 10.4 Å². The number of benzene rings is 2. The molecule has 0 amide bonds. The Kier molecular flexibility index (Phi) is 6.90. The van der Waals surface area contributed by atoms with Gasteiger partial charge in [-0.1, -0.05) is 20.8 Å². The molecule has 0 fully saturated rings. The third kappa shape index (κ3) is 5.40. The predicted molar refractivity (Wildman–Crippen MR) is 118 cm³/mol. The molecule has 3 aromatic rings. The number of fused-ring (bicyclic) bond motifs is 1. The number of hydrogen-bond donors (Lipinski definition) is 0. The lowest BCUT2D eigenvalue weighted by Gasteiger charge is -2.13. The number of ketones is 1. The van der Waals surface area contributed by atoms with Crippen LogP contribution in [0.25, 0.3) is 11.0 Å². The minimum atomic E-state index is -0.564. The zero-order chi connectivity index (χ0) is 22.5. The molecule has 0 atom stereocenters. The fourth-order valence-electron chi connectivity index (χ4n) is 3.42. The number of ether oxygens (including phenoxy) is 2. The van der Waals surface area contributed by atoms with Crippen LogP contribution in [0.3, 0.4) is 0 Å². The lowest BCUT2D eigenvalue weighted by Crippen LogP contribution is -2.15. The predicted octanol–water partition coefficient (Wildman–Crippen LogP) is 4.94. The van der Waals surface area contributed by atoms with Crippen LogP contribution in [0.2, 0.25) is 0 Å². The fourth-order valence-corrected chi connectivity index (χ4v) is 3.42. The lowest BCUT2D eigenvalue weighted by atomic mass is 9.95. The van der Waals surface area contributed by atoms with Gasteiger partial charge in [-0.3, -0.25) is 4.79 Å².